The van der Waals surface area contributed by atoms with E-state index < -0.39 is 23.9 Å². The molecular weight excluding hydrogens is 576 g/mol. The number of rotatable bonds is 14. The van der Waals surface area contributed by atoms with Crippen molar-refractivity contribution in [3.8, 4) is 0 Å². The van der Waals surface area contributed by atoms with Gasteiger partial charge in [0.15, 0.2) is 12.3 Å². The van der Waals surface area contributed by atoms with Gasteiger partial charge in [-0.05, 0) is 31.6 Å². The van der Waals surface area contributed by atoms with Gasteiger partial charge >= 0.3 is 23.9 Å². The topological polar surface area (TPSA) is 133 Å². The maximum Gasteiger partial charge on any atom is 0.312 e. The fourth-order valence-electron chi connectivity index (χ4n) is 6.05. The first kappa shape index (κ1) is 33.2. The molecule has 238 valence electrons. The van der Waals surface area contributed by atoms with Crippen molar-refractivity contribution < 1.29 is 43.4 Å². The number of hydrogen-bond donors (Lipinski definition) is 2. The average Bonchev–Trinajstić information content (AvgIpc) is 3.33. The van der Waals surface area contributed by atoms with Crippen molar-refractivity contribution in [1.82, 2.24) is 0 Å². The maximum atomic E-state index is 12.4. The summed E-state index contributed by atoms with van der Waals surface area (Å²) in [6, 6.07) is 16.1. The van der Waals surface area contributed by atoms with Gasteiger partial charge in [0.25, 0.3) is 0 Å². The van der Waals surface area contributed by atoms with Crippen molar-refractivity contribution in [3.05, 3.63) is 83.6 Å². The minimum Gasteiger partial charge on any atom is -0.481 e. The van der Waals surface area contributed by atoms with Crippen LogP contribution in [0.3, 0.4) is 0 Å². The van der Waals surface area contributed by atoms with Crippen LogP contribution in [0.25, 0.3) is 0 Å². The SMILES string of the molecule is CC1(C)C(=CC=CC2=[N+](CCC(=O)OCCC(=O)O)c3ccccc3C2(C)C)N(CCC(=O)OCCC(=O)O)c2ccccc21. The van der Waals surface area contributed by atoms with Gasteiger partial charge in [-0.1, -0.05) is 56.3 Å². The number of carbonyl (C=O) groups is 4. The van der Waals surface area contributed by atoms with Crippen LogP contribution in [0.5, 0.6) is 0 Å². The second kappa shape index (κ2) is 13.9. The summed E-state index contributed by atoms with van der Waals surface area (Å²) in [5.74, 6) is -2.94. The summed E-state index contributed by atoms with van der Waals surface area (Å²) in [6.07, 6.45) is 5.84. The zero-order valence-electron chi connectivity index (χ0n) is 26.2. The van der Waals surface area contributed by atoms with Gasteiger partial charge in [-0.2, -0.15) is 4.58 Å². The molecule has 0 bridgehead atoms. The van der Waals surface area contributed by atoms with E-state index in [4.69, 9.17) is 19.7 Å². The number of ether oxygens (including phenoxy) is 2. The molecule has 0 aliphatic carbocycles. The highest BCUT2D eigenvalue weighted by molar-refractivity contribution is 6.03. The molecule has 45 heavy (non-hydrogen) atoms. The predicted octanol–water partition coefficient (Wildman–Crippen LogP) is 5.12. The summed E-state index contributed by atoms with van der Waals surface area (Å²) in [5.41, 5.74) is 5.57. The molecule has 2 aromatic carbocycles. The Kier molecular flexibility index (Phi) is 10.3. The number of carboxylic acids is 2. The van der Waals surface area contributed by atoms with Crippen molar-refractivity contribution in [2.24, 2.45) is 0 Å². The molecule has 0 saturated heterocycles. The van der Waals surface area contributed by atoms with Crippen LogP contribution in [0, 0.1) is 0 Å². The highest BCUT2D eigenvalue weighted by atomic mass is 16.5. The van der Waals surface area contributed by atoms with Gasteiger partial charge < -0.3 is 24.6 Å². The second-order valence-corrected chi connectivity index (χ2v) is 12.1. The zero-order valence-corrected chi connectivity index (χ0v) is 26.2. The molecule has 0 saturated carbocycles. The Bertz CT molecular complexity index is 1570. The van der Waals surface area contributed by atoms with Gasteiger partial charge in [0, 0.05) is 41.1 Å². The van der Waals surface area contributed by atoms with E-state index in [1.165, 1.54) is 0 Å². The number of para-hydroxylation sites is 2. The number of benzene rings is 2. The molecule has 2 heterocycles. The molecule has 2 aliphatic rings. The monoisotopic (exact) mass is 617 g/mol. The number of carbonyl (C=O) groups excluding carboxylic acids is 2. The molecule has 2 aliphatic heterocycles. The normalized spacial score (nSPS) is 17.0. The van der Waals surface area contributed by atoms with Crippen LogP contribution in [-0.2, 0) is 39.5 Å². The van der Waals surface area contributed by atoms with Gasteiger partial charge in [0.05, 0.1) is 24.7 Å². The Morgan fingerprint density at radius 2 is 1.36 bits per heavy atom. The Hall–Kier alpha value is -4.73. The molecule has 0 radical (unpaired) electrons. The van der Waals surface area contributed by atoms with E-state index in [1.807, 2.05) is 42.5 Å². The smallest absolute Gasteiger partial charge is 0.312 e. The molecule has 0 atom stereocenters. The van der Waals surface area contributed by atoms with Crippen molar-refractivity contribution in [3.63, 3.8) is 0 Å². The lowest BCUT2D eigenvalue weighted by Gasteiger charge is -2.26. The van der Waals surface area contributed by atoms with Gasteiger partial charge in [-0.15, -0.1) is 0 Å². The first-order valence-electron chi connectivity index (χ1n) is 15.1. The molecule has 10 nitrogen and oxygen atoms in total. The lowest BCUT2D eigenvalue weighted by molar-refractivity contribution is -0.436. The third kappa shape index (κ3) is 7.50. The van der Waals surface area contributed by atoms with E-state index >= 15 is 0 Å². The second-order valence-electron chi connectivity index (χ2n) is 12.1. The number of fused-ring (bicyclic) bond motifs is 2. The van der Waals surface area contributed by atoms with Crippen LogP contribution in [-0.4, -0.2) is 70.7 Å². The van der Waals surface area contributed by atoms with Crippen molar-refractivity contribution in [2.45, 2.75) is 64.2 Å². The number of carboxylic acid groups (broad SMARTS) is 2. The van der Waals surface area contributed by atoms with Gasteiger partial charge in [0.2, 0.25) is 5.69 Å². The van der Waals surface area contributed by atoms with Crippen molar-refractivity contribution >= 4 is 41.0 Å². The summed E-state index contributed by atoms with van der Waals surface area (Å²) in [7, 11) is 0. The summed E-state index contributed by atoms with van der Waals surface area (Å²) in [6.45, 7) is 8.99. The van der Waals surface area contributed by atoms with E-state index in [-0.39, 0.29) is 49.7 Å². The minimum atomic E-state index is -1.02. The first-order valence-corrected chi connectivity index (χ1v) is 15.1. The van der Waals surface area contributed by atoms with Gasteiger partial charge in [-0.3, -0.25) is 19.2 Å². The van der Waals surface area contributed by atoms with Crippen LogP contribution >= 0.6 is 0 Å². The van der Waals surface area contributed by atoms with Crippen LogP contribution in [0.1, 0.15) is 64.5 Å². The summed E-state index contributed by atoms with van der Waals surface area (Å²) in [4.78, 5) is 48.5. The summed E-state index contributed by atoms with van der Waals surface area (Å²) >= 11 is 0. The first-order chi connectivity index (χ1) is 21.3. The molecule has 0 aromatic heterocycles. The van der Waals surface area contributed by atoms with E-state index in [0.29, 0.717) is 13.1 Å². The quantitative estimate of drug-likeness (QED) is 0.219. The largest absolute Gasteiger partial charge is 0.481 e. The highest BCUT2D eigenvalue weighted by Gasteiger charge is 2.44. The fourth-order valence-corrected chi connectivity index (χ4v) is 6.05. The van der Waals surface area contributed by atoms with Crippen molar-refractivity contribution in [2.75, 3.05) is 31.2 Å². The maximum absolute atomic E-state index is 12.4. The Morgan fingerprint density at radius 3 is 2.00 bits per heavy atom. The van der Waals surface area contributed by atoms with Crippen LogP contribution in [0.15, 0.2) is 72.5 Å². The van der Waals surface area contributed by atoms with E-state index in [1.54, 1.807) is 0 Å². The third-order valence-corrected chi connectivity index (χ3v) is 8.34. The summed E-state index contributed by atoms with van der Waals surface area (Å²) in [5, 5.41) is 17.7. The van der Waals surface area contributed by atoms with Gasteiger partial charge in [0.1, 0.15) is 19.6 Å². The molecule has 4 rings (SSSR count). The Morgan fingerprint density at radius 1 is 0.778 bits per heavy atom. The van der Waals surface area contributed by atoms with Gasteiger partial charge in [-0.25, -0.2) is 0 Å². The molecule has 0 spiro atoms. The molecule has 0 fully saturated rings. The number of anilines is 1. The number of allylic oxidation sites excluding steroid dienone is 4. The lowest BCUT2D eigenvalue weighted by atomic mass is 9.81. The van der Waals surface area contributed by atoms with Crippen LogP contribution < -0.4 is 4.90 Å². The highest BCUT2D eigenvalue weighted by Crippen LogP contribution is 2.47. The van der Waals surface area contributed by atoms with E-state index in [0.717, 1.165) is 33.9 Å². The standard InChI is InChI=1S/C35H40N2O8/c1-34(2)24-10-5-7-12-26(24)36(20-16-32(42)44-22-18-30(38)39)28(34)14-9-15-29-35(3,4)25-11-6-8-13-27(25)37(29)21-17-33(43)45-23-19-31(40)41/h5-15H,16-23H2,1-4H3,(H-,38,39,40,41)/p+1. The number of aliphatic carboxylic acids is 2. The fraction of sp³-hybridized carbons (Fsp3) is 0.400. The lowest BCUT2D eigenvalue weighted by Crippen LogP contribution is -2.29. The average molecular weight is 618 g/mol. The Labute approximate surface area is 263 Å². The molecule has 0 amide bonds. The zero-order chi connectivity index (χ0) is 32.8. The molecule has 10 heteroatoms. The third-order valence-electron chi connectivity index (χ3n) is 8.34. The molecule has 2 N–H and O–H groups in total. The Balaban J connectivity index is 1.61. The molecule has 0 unspecified atom stereocenters. The predicted molar refractivity (Wildman–Crippen MR) is 169 cm³/mol. The van der Waals surface area contributed by atoms with E-state index in [9.17, 15) is 19.2 Å². The number of nitrogens with zero attached hydrogens (tertiary/aromatic N) is 2. The van der Waals surface area contributed by atoms with Crippen LogP contribution in [0.4, 0.5) is 11.4 Å². The molecule has 2 aromatic rings. The van der Waals surface area contributed by atoms with Crippen molar-refractivity contribution in [1.29, 1.82) is 0 Å². The van der Waals surface area contributed by atoms with Crippen LogP contribution in [0.2, 0.25) is 0 Å². The summed E-state index contributed by atoms with van der Waals surface area (Å²) < 4.78 is 12.4. The molecular formula is C35H41N2O8+. The minimum absolute atomic E-state index is 0.0984. The number of esters is 2. The van der Waals surface area contributed by atoms with E-state index in [2.05, 4.69) is 61.5 Å². The number of hydrogen-bond acceptors (Lipinski definition) is 7.